The van der Waals surface area contributed by atoms with Crippen LogP contribution >= 0.6 is 34.5 Å². The van der Waals surface area contributed by atoms with Crippen LogP contribution in [0.4, 0.5) is 10.1 Å². The molecule has 0 spiro atoms. The van der Waals surface area contributed by atoms with E-state index in [-0.39, 0.29) is 21.3 Å². The molecule has 8 heteroatoms. The molecule has 2 aromatic heterocycles. The fraction of sp³-hybridized carbons (Fsp3) is 0.158. The van der Waals surface area contributed by atoms with Crippen LogP contribution in [0, 0.1) is 0 Å². The van der Waals surface area contributed by atoms with Gasteiger partial charge in [0.05, 0.1) is 23.8 Å². The van der Waals surface area contributed by atoms with Gasteiger partial charge in [-0.25, -0.2) is 4.99 Å². The number of ether oxygens (including phenoxy) is 2. The summed E-state index contributed by atoms with van der Waals surface area (Å²) in [6.07, 6.45) is 3.46. The number of thiophene rings is 1. The normalized spacial score (nSPS) is 11.5. The van der Waals surface area contributed by atoms with Crippen LogP contribution in [0.3, 0.4) is 0 Å². The molecule has 2 heterocycles. The fourth-order valence-electron chi connectivity index (χ4n) is 2.31. The minimum atomic E-state index is -0.740. The average molecular weight is 425 g/mol. The molecule has 0 unspecified atom stereocenters. The number of methoxy groups -OCH3 is 1. The highest BCUT2D eigenvalue weighted by Gasteiger charge is 2.12. The Balaban J connectivity index is 1.82. The molecule has 0 aliphatic heterocycles. The molecule has 0 fully saturated rings. The van der Waals surface area contributed by atoms with E-state index in [1.807, 2.05) is 17.5 Å². The fourth-order valence-corrected chi connectivity index (χ4v) is 3.45. The van der Waals surface area contributed by atoms with Gasteiger partial charge in [0.15, 0.2) is 11.5 Å². The zero-order valence-electron chi connectivity index (χ0n) is 14.3. The molecule has 3 aromatic rings. The van der Waals surface area contributed by atoms with E-state index in [0.717, 1.165) is 6.42 Å². The highest BCUT2D eigenvalue weighted by molar-refractivity contribution is 7.09. The Labute approximate surface area is 170 Å². The summed E-state index contributed by atoms with van der Waals surface area (Å²) in [5, 5.41) is 2.34. The number of aromatic nitrogens is 1. The molecule has 0 saturated carbocycles. The first-order valence-corrected chi connectivity index (χ1v) is 9.59. The number of pyridine rings is 1. The summed E-state index contributed by atoms with van der Waals surface area (Å²) < 4.78 is 25.7. The summed E-state index contributed by atoms with van der Waals surface area (Å²) in [5.41, 5.74) is 0.354. The zero-order valence-corrected chi connectivity index (χ0v) is 16.6. The van der Waals surface area contributed by atoms with Gasteiger partial charge in [-0.15, -0.1) is 11.3 Å². The van der Waals surface area contributed by atoms with Gasteiger partial charge in [0.2, 0.25) is 5.97 Å². The van der Waals surface area contributed by atoms with Crippen molar-refractivity contribution >= 4 is 46.2 Å². The third kappa shape index (κ3) is 4.97. The highest BCUT2D eigenvalue weighted by atomic mass is 35.5. The van der Waals surface area contributed by atoms with E-state index in [1.165, 1.54) is 30.4 Å². The molecule has 0 amide bonds. The van der Waals surface area contributed by atoms with Gasteiger partial charge in [-0.05, 0) is 29.6 Å². The Morgan fingerprint density at radius 2 is 1.96 bits per heavy atom. The molecule has 0 radical (unpaired) electrons. The molecule has 0 aliphatic rings. The SMILES string of the molecule is COc1ccc(C(F)=Nc2c(Cl)cncc2Cl)cc1OCCc1cccs1. The molecule has 0 N–H and O–H groups in total. The molecule has 140 valence electrons. The molecule has 27 heavy (non-hydrogen) atoms. The standard InChI is InChI=1S/C19H15Cl2FN2O2S/c1-25-16-5-4-12(9-17(16)26-7-6-13-3-2-8-27-13)19(22)24-18-14(20)10-23-11-15(18)21/h2-5,8-11H,6-7H2,1H3. The lowest BCUT2D eigenvalue weighted by atomic mass is 10.2. The van der Waals surface area contributed by atoms with Gasteiger partial charge in [0.25, 0.3) is 0 Å². The van der Waals surface area contributed by atoms with Crippen LogP contribution in [-0.4, -0.2) is 24.7 Å². The maximum atomic E-state index is 14.7. The molecule has 0 bridgehead atoms. The summed E-state index contributed by atoms with van der Waals surface area (Å²) in [7, 11) is 1.53. The molecular formula is C19H15Cl2FN2O2S. The highest BCUT2D eigenvalue weighted by Crippen LogP contribution is 2.34. The van der Waals surface area contributed by atoms with Crippen molar-refractivity contribution in [1.29, 1.82) is 0 Å². The topological polar surface area (TPSA) is 43.7 Å². The monoisotopic (exact) mass is 424 g/mol. The number of hydrogen-bond donors (Lipinski definition) is 0. The van der Waals surface area contributed by atoms with Gasteiger partial charge in [0, 0.05) is 29.3 Å². The van der Waals surface area contributed by atoms with Gasteiger partial charge in [-0.3, -0.25) is 4.98 Å². The van der Waals surface area contributed by atoms with Crippen molar-refractivity contribution in [3.05, 3.63) is 68.6 Å². The largest absolute Gasteiger partial charge is 0.493 e. The van der Waals surface area contributed by atoms with E-state index < -0.39 is 5.97 Å². The maximum absolute atomic E-state index is 14.7. The third-order valence-electron chi connectivity index (χ3n) is 3.63. The van der Waals surface area contributed by atoms with Crippen molar-refractivity contribution in [3.63, 3.8) is 0 Å². The lowest BCUT2D eigenvalue weighted by Gasteiger charge is -2.11. The van der Waals surface area contributed by atoms with Gasteiger partial charge < -0.3 is 9.47 Å². The van der Waals surface area contributed by atoms with Crippen LogP contribution in [0.5, 0.6) is 11.5 Å². The smallest absolute Gasteiger partial charge is 0.220 e. The number of benzene rings is 1. The van der Waals surface area contributed by atoms with Crippen molar-refractivity contribution < 1.29 is 13.9 Å². The second-order valence-corrected chi connectivity index (χ2v) is 7.24. The molecule has 0 saturated heterocycles. The van der Waals surface area contributed by atoms with Gasteiger partial charge in [0.1, 0.15) is 5.69 Å². The predicted molar refractivity (Wildman–Crippen MR) is 108 cm³/mol. The summed E-state index contributed by atoms with van der Waals surface area (Å²) in [6, 6.07) is 8.74. The molecule has 3 rings (SSSR count). The first-order valence-electron chi connectivity index (χ1n) is 7.95. The molecular weight excluding hydrogens is 410 g/mol. The minimum Gasteiger partial charge on any atom is -0.493 e. The van der Waals surface area contributed by atoms with Gasteiger partial charge in [-0.1, -0.05) is 29.3 Å². The first-order chi connectivity index (χ1) is 13.1. The van der Waals surface area contributed by atoms with Crippen molar-refractivity contribution in [1.82, 2.24) is 4.98 Å². The summed E-state index contributed by atoms with van der Waals surface area (Å²) in [4.78, 5) is 8.93. The second kappa shape index (κ2) is 9.17. The van der Waals surface area contributed by atoms with Crippen LogP contribution in [0.2, 0.25) is 10.0 Å². The van der Waals surface area contributed by atoms with E-state index in [1.54, 1.807) is 23.5 Å². The number of aliphatic imine (C=N–C) groups is 1. The third-order valence-corrected chi connectivity index (χ3v) is 5.12. The maximum Gasteiger partial charge on any atom is 0.220 e. The number of hydrogen-bond acceptors (Lipinski definition) is 5. The van der Waals surface area contributed by atoms with Crippen LogP contribution < -0.4 is 9.47 Å². The van der Waals surface area contributed by atoms with Crippen molar-refractivity contribution in [3.8, 4) is 11.5 Å². The minimum absolute atomic E-state index is 0.127. The van der Waals surface area contributed by atoms with Crippen LogP contribution in [0.25, 0.3) is 0 Å². The predicted octanol–water partition coefficient (Wildman–Crippen LogP) is 6.13. The van der Waals surface area contributed by atoms with Crippen LogP contribution in [-0.2, 0) is 6.42 Å². The average Bonchev–Trinajstić information content (AvgIpc) is 3.18. The van der Waals surface area contributed by atoms with Crippen molar-refractivity contribution in [2.24, 2.45) is 4.99 Å². The van der Waals surface area contributed by atoms with Crippen LogP contribution in [0.15, 0.2) is 53.1 Å². The Morgan fingerprint density at radius 3 is 2.63 bits per heavy atom. The Bertz CT molecular complexity index is 929. The van der Waals surface area contributed by atoms with E-state index in [0.29, 0.717) is 18.1 Å². The van der Waals surface area contributed by atoms with E-state index in [9.17, 15) is 4.39 Å². The number of halogens is 3. The lowest BCUT2D eigenvalue weighted by molar-refractivity contribution is 0.298. The van der Waals surface area contributed by atoms with Gasteiger partial charge in [-0.2, -0.15) is 4.39 Å². The molecule has 1 aromatic carbocycles. The summed E-state index contributed by atoms with van der Waals surface area (Å²) in [6.45, 7) is 0.446. The number of nitrogens with zero attached hydrogens (tertiary/aromatic N) is 2. The molecule has 0 aliphatic carbocycles. The van der Waals surface area contributed by atoms with E-state index >= 15 is 0 Å². The lowest BCUT2D eigenvalue weighted by Crippen LogP contribution is -2.03. The van der Waals surface area contributed by atoms with Crippen LogP contribution in [0.1, 0.15) is 10.4 Å². The van der Waals surface area contributed by atoms with E-state index in [4.69, 9.17) is 32.7 Å². The quantitative estimate of drug-likeness (QED) is 0.428. The van der Waals surface area contributed by atoms with Crippen molar-refractivity contribution in [2.45, 2.75) is 6.42 Å². The Hall–Kier alpha value is -2.15. The summed E-state index contributed by atoms with van der Waals surface area (Å²) in [5.74, 6) is 0.206. The Morgan fingerprint density at radius 1 is 1.19 bits per heavy atom. The summed E-state index contributed by atoms with van der Waals surface area (Å²) >= 11 is 13.6. The zero-order chi connectivity index (χ0) is 19.2. The van der Waals surface area contributed by atoms with Crippen molar-refractivity contribution in [2.75, 3.05) is 13.7 Å². The Kier molecular flexibility index (Phi) is 6.66. The molecule has 4 nitrogen and oxygen atoms in total. The number of rotatable bonds is 7. The molecule has 0 atom stereocenters. The van der Waals surface area contributed by atoms with Gasteiger partial charge >= 0.3 is 0 Å². The second-order valence-electron chi connectivity index (χ2n) is 5.40. The first kappa shape index (κ1) is 19.6. The van der Waals surface area contributed by atoms with E-state index in [2.05, 4.69) is 9.98 Å².